The molecule has 0 saturated heterocycles. The van der Waals surface area contributed by atoms with Crippen molar-refractivity contribution in [2.75, 3.05) is 0 Å². The second-order valence-electron chi connectivity index (χ2n) is 16.1. The monoisotopic (exact) mass is 532 g/mol. The average molecular weight is 533 g/mol. The summed E-state index contributed by atoms with van der Waals surface area (Å²) in [6.45, 7) is 23.0. The van der Waals surface area contributed by atoms with Gasteiger partial charge in [0.2, 0.25) is 0 Å². The van der Waals surface area contributed by atoms with E-state index in [4.69, 9.17) is 0 Å². The SMILES string of the molecule is CC1CCC(C(C)C)C(C2=Cc3ccccc3[N+]2(C2CC(C)CCC2C(C)C)C2CC(C)CCC2C(C)C)C1. The van der Waals surface area contributed by atoms with Crippen LogP contribution in [0.2, 0.25) is 0 Å². The van der Waals surface area contributed by atoms with E-state index in [2.05, 4.69) is 92.7 Å². The Morgan fingerprint density at radius 3 is 1.56 bits per heavy atom. The van der Waals surface area contributed by atoms with E-state index in [9.17, 15) is 0 Å². The molecular formula is C38H62N+. The topological polar surface area (TPSA) is 0 Å². The number of fused-ring (bicyclic) bond motifs is 1. The molecule has 3 fully saturated rings. The number of quaternary nitrogens is 1. The molecule has 9 unspecified atom stereocenters. The van der Waals surface area contributed by atoms with E-state index >= 15 is 0 Å². The highest BCUT2D eigenvalue weighted by atomic mass is 15.4. The number of hydrogen-bond acceptors (Lipinski definition) is 0. The molecule has 9 atom stereocenters. The lowest BCUT2D eigenvalue weighted by molar-refractivity contribution is -0.00825. The van der Waals surface area contributed by atoms with Crippen LogP contribution >= 0.6 is 0 Å². The maximum atomic E-state index is 2.79. The van der Waals surface area contributed by atoms with Gasteiger partial charge in [-0.3, -0.25) is 4.48 Å². The molecule has 3 saturated carbocycles. The predicted octanol–water partition coefficient (Wildman–Crippen LogP) is 11.0. The fourth-order valence-electron chi connectivity index (χ4n) is 10.5. The molecule has 0 spiro atoms. The van der Waals surface area contributed by atoms with Gasteiger partial charge in [0, 0.05) is 48.3 Å². The maximum absolute atomic E-state index is 2.79. The molecule has 0 radical (unpaired) electrons. The Hall–Kier alpha value is -1.08. The molecule has 0 amide bonds. The van der Waals surface area contributed by atoms with E-state index in [1.807, 2.05) is 5.70 Å². The van der Waals surface area contributed by atoms with Crippen molar-refractivity contribution in [3.63, 3.8) is 0 Å². The standard InChI is InChI=1S/C38H62N/c1-24(2)31-17-14-27(7)20-34(31)38-23-30-12-10-11-13-35(30)39(38,36-21-28(8)15-18-32(36)25(3)4)37-22-29(9)16-19-33(37)26(5)6/h10-13,23-29,31-34,36-37H,14-22H2,1-9H3/q+1. The molecule has 39 heavy (non-hydrogen) atoms. The van der Waals surface area contributed by atoms with Crippen molar-refractivity contribution in [2.24, 2.45) is 59.2 Å². The van der Waals surface area contributed by atoms with E-state index in [1.165, 1.54) is 62.3 Å². The minimum absolute atomic E-state index is 0.713. The summed E-state index contributed by atoms with van der Waals surface area (Å²) >= 11 is 0. The summed E-state index contributed by atoms with van der Waals surface area (Å²) < 4.78 is 1.25. The third kappa shape index (κ3) is 5.21. The second kappa shape index (κ2) is 11.7. The van der Waals surface area contributed by atoms with E-state index in [1.54, 1.807) is 11.3 Å². The number of para-hydroxylation sites is 1. The fraction of sp³-hybridized carbons (Fsp3) is 0.789. The van der Waals surface area contributed by atoms with Gasteiger partial charge in [0.1, 0.15) is 23.5 Å². The largest absolute Gasteiger partial charge is 0.256 e. The Bertz CT molecular complexity index is 968. The van der Waals surface area contributed by atoms with Crippen LogP contribution in [0.1, 0.15) is 126 Å². The molecule has 1 aliphatic heterocycles. The van der Waals surface area contributed by atoms with Crippen LogP contribution < -0.4 is 4.48 Å². The summed E-state index contributed by atoms with van der Waals surface area (Å²) in [5, 5.41) is 0. The first-order valence-electron chi connectivity index (χ1n) is 17.3. The first kappa shape index (κ1) is 29.4. The lowest BCUT2D eigenvalue weighted by Gasteiger charge is -2.59. The molecule has 1 aromatic carbocycles. The Morgan fingerprint density at radius 2 is 1.05 bits per heavy atom. The maximum Gasteiger partial charge on any atom is 0.145 e. The Labute approximate surface area is 242 Å². The van der Waals surface area contributed by atoms with Crippen LogP contribution in [0.4, 0.5) is 5.69 Å². The smallest absolute Gasteiger partial charge is 0.145 e. The van der Waals surface area contributed by atoms with Crippen LogP contribution in [0.15, 0.2) is 30.0 Å². The first-order valence-corrected chi connectivity index (χ1v) is 17.3. The van der Waals surface area contributed by atoms with E-state index in [0.29, 0.717) is 12.1 Å². The number of hydrogen-bond donors (Lipinski definition) is 0. The zero-order valence-electron chi connectivity index (χ0n) is 27.1. The van der Waals surface area contributed by atoms with E-state index in [-0.39, 0.29) is 0 Å². The zero-order valence-corrected chi connectivity index (χ0v) is 27.1. The highest BCUT2D eigenvalue weighted by Gasteiger charge is 2.61. The quantitative estimate of drug-likeness (QED) is 0.320. The Balaban J connectivity index is 1.79. The van der Waals surface area contributed by atoms with Gasteiger partial charge < -0.3 is 0 Å². The van der Waals surface area contributed by atoms with Crippen LogP contribution in [0, 0.1) is 59.2 Å². The zero-order chi connectivity index (χ0) is 28.1. The summed E-state index contributed by atoms with van der Waals surface area (Å²) in [5.74, 6) is 7.90. The molecule has 0 bridgehead atoms. The Kier molecular flexibility index (Phi) is 8.79. The molecular weight excluding hydrogens is 470 g/mol. The van der Waals surface area contributed by atoms with Crippen molar-refractivity contribution in [1.82, 2.24) is 4.48 Å². The second-order valence-corrected chi connectivity index (χ2v) is 16.1. The third-order valence-electron chi connectivity index (χ3n) is 12.5. The summed E-state index contributed by atoms with van der Waals surface area (Å²) in [7, 11) is 0. The molecule has 1 heterocycles. The van der Waals surface area contributed by atoms with Crippen molar-refractivity contribution in [2.45, 2.75) is 132 Å². The predicted molar refractivity (Wildman–Crippen MR) is 171 cm³/mol. The highest BCUT2D eigenvalue weighted by molar-refractivity contribution is 5.78. The fourth-order valence-corrected chi connectivity index (χ4v) is 10.5. The minimum atomic E-state index is 0.713. The van der Waals surface area contributed by atoms with Crippen LogP contribution in [0.25, 0.3) is 6.08 Å². The first-order chi connectivity index (χ1) is 18.5. The van der Waals surface area contributed by atoms with Crippen molar-refractivity contribution in [1.29, 1.82) is 0 Å². The average Bonchev–Trinajstić information content (AvgIpc) is 3.23. The van der Waals surface area contributed by atoms with Gasteiger partial charge in [-0.2, -0.15) is 0 Å². The van der Waals surface area contributed by atoms with Gasteiger partial charge in [0.05, 0.1) is 0 Å². The molecule has 4 aliphatic rings. The van der Waals surface area contributed by atoms with Crippen molar-refractivity contribution in [3.05, 3.63) is 35.5 Å². The van der Waals surface area contributed by atoms with Crippen molar-refractivity contribution >= 4 is 11.8 Å². The Morgan fingerprint density at radius 1 is 0.590 bits per heavy atom. The normalized spacial score (nSPS) is 41.2. The summed E-state index contributed by atoms with van der Waals surface area (Å²) in [6, 6.07) is 11.2. The lowest BCUT2D eigenvalue weighted by Crippen LogP contribution is -2.69. The third-order valence-corrected chi connectivity index (χ3v) is 12.5. The lowest BCUT2D eigenvalue weighted by atomic mass is 9.64. The van der Waals surface area contributed by atoms with Gasteiger partial charge in [0.15, 0.2) is 0 Å². The summed E-state index contributed by atoms with van der Waals surface area (Å²) in [5.41, 5.74) is 5.13. The van der Waals surface area contributed by atoms with Crippen LogP contribution in [-0.4, -0.2) is 12.1 Å². The van der Waals surface area contributed by atoms with Gasteiger partial charge in [-0.25, -0.2) is 0 Å². The number of nitrogens with zero attached hydrogens (tertiary/aromatic N) is 1. The molecule has 0 aromatic heterocycles. The molecule has 5 rings (SSSR count). The van der Waals surface area contributed by atoms with Gasteiger partial charge in [0.25, 0.3) is 0 Å². The van der Waals surface area contributed by atoms with Crippen LogP contribution in [0.3, 0.4) is 0 Å². The molecule has 1 aromatic rings. The number of benzene rings is 1. The molecule has 0 N–H and O–H groups in total. The molecule has 218 valence electrons. The molecule has 1 heteroatoms. The molecule has 1 nitrogen and oxygen atoms in total. The highest BCUT2D eigenvalue weighted by Crippen LogP contribution is 2.59. The summed E-state index contributed by atoms with van der Waals surface area (Å²) in [4.78, 5) is 0. The minimum Gasteiger partial charge on any atom is -0.256 e. The van der Waals surface area contributed by atoms with Crippen molar-refractivity contribution < 1.29 is 0 Å². The number of allylic oxidation sites excluding steroid dienone is 1. The van der Waals surface area contributed by atoms with Crippen LogP contribution in [0.5, 0.6) is 0 Å². The van der Waals surface area contributed by atoms with Gasteiger partial charge in [-0.1, -0.05) is 80.9 Å². The molecule has 3 aliphatic carbocycles. The van der Waals surface area contributed by atoms with Crippen molar-refractivity contribution in [3.8, 4) is 0 Å². The summed E-state index contributed by atoms with van der Waals surface area (Å²) in [6.07, 6.45) is 15.5. The van der Waals surface area contributed by atoms with Crippen LogP contribution in [-0.2, 0) is 0 Å². The van der Waals surface area contributed by atoms with Gasteiger partial charge in [-0.15, -0.1) is 0 Å². The number of rotatable bonds is 6. The van der Waals surface area contributed by atoms with E-state index < -0.39 is 0 Å². The van der Waals surface area contributed by atoms with Gasteiger partial charge >= 0.3 is 0 Å². The van der Waals surface area contributed by atoms with Gasteiger partial charge in [-0.05, 0) is 86.0 Å². The van der Waals surface area contributed by atoms with E-state index in [0.717, 1.165) is 59.2 Å².